The molecule has 0 bridgehead atoms. The minimum atomic E-state index is -0.324. The van der Waals surface area contributed by atoms with E-state index in [1.807, 2.05) is 25.1 Å². The van der Waals surface area contributed by atoms with Crippen LogP contribution in [-0.2, 0) is 19.4 Å². The van der Waals surface area contributed by atoms with Crippen molar-refractivity contribution in [2.24, 2.45) is 0 Å². The number of benzene rings is 2. The van der Waals surface area contributed by atoms with Crippen LogP contribution in [0.15, 0.2) is 51.7 Å². The van der Waals surface area contributed by atoms with E-state index in [0.29, 0.717) is 12.3 Å². The van der Waals surface area contributed by atoms with Crippen molar-refractivity contribution in [3.05, 3.63) is 75.4 Å². The molecule has 4 nitrogen and oxygen atoms in total. The van der Waals surface area contributed by atoms with Crippen molar-refractivity contribution in [1.29, 1.82) is 0 Å². The molecule has 3 aromatic rings. The van der Waals surface area contributed by atoms with Gasteiger partial charge in [-0.3, -0.25) is 4.90 Å². The van der Waals surface area contributed by atoms with E-state index >= 15 is 0 Å². The Balaban J connectivity index is 1.61. The average Bonchev–Trinajstić information content (AvgIpc) is 2.65. The topological polar surface area (TPSA) is 43.9 Å². The van der Waals surface area contributed by atoms with Crippen LogP contribution >= 0.6 is 0 Å². The van der Waals surface area contributed by atoms with Gasteiger partial charge >= 0.3 is 5.63 Å². The predicted octanol–water partition coefficient (Wildman–Crippen LogP) is 2.47. The first-order valence-corrected chi connectivity index (χ1v) is 8.93. The second-order valence-corrected chi connectivity index (χ2v) is 6.71. The number of hydrogen-bond donors (Lipinski definition) is 1. The highest BCUT2D eigenvalue weighted by molar-refractivity contribution is 5.85. The van der Waals surface area contributed by atoms with Gasteiger partial charge in [-0.1, -0.05) is 19.1 Å². The Hall–Kier alpha value is -2.66. The smallest absolute Gasteiger partial charge is 0.336 e. The van der Waals surface area contributed by atoms with Crippen molar-refractivity contribution in [2.45, 2.75) is 26.3 Å². The average molecular weight is 354 g/mol. The van der Waals surface area contributed by atoms with Crippen molar-refractivity contribution < 1.29 is 18.4 Å². The predicted molar refractivity (Wildman–Crippen MR) is 97.0 cm³/mol. The maximum absolute atomic E-state index is 13.3. The van der Waals surface area contributed by atoms with E-state index in [1.165, 1.54) is 11.0 Å². The highest BCUT2D eigenvalue weighted by Gasteiger charge is 2.24. The van der Waals surface area contributed by atoms with E-state index in [-0.39, 0.29) is 11.4 Å². The summed E-state index contributed by atoms with van der Waals surface area (Å²) < 4.78 is 24.8. The number of aryl methyl sites for hydroxylation is 1. The Bertz CT molecular complexity index is 1010. The number of halogens is 1. The van der Waals surface area contributed by atoms with Gasteiger partial charge in [-0.05, 0) is 41.8 Å². The van der Waals surface area contributed by atoms with Gasteiger partial charge < -0.3 is 9.15 Å². The van der Waals surface area contributed by atoms with Crippen LogP contribution in [0.2, 0.25) is 0 Å². The third-order valence-corrected chi connectivity index (χ3v) is 4.95. The van der Waals surface area contributed by atoms with Crippen molar-refractivity contribution in [3.63, 3.8) is 0 Å². The van der Waals surface area contributed by atoms with Crippen molar-refractivity contribution in [3.8, 4) is 5.75 Å². The molecule has 26 heavy (non-hydrogen) atoms. The van der Waals surface area contributed by atoms with Gasteiger partial charge in [-0.25, -0.2) is 9.18 Å². The number of rotatable bonds is 4. The maximum Gasteiger partial charge on any atom is 0.336 e. The van der Waals surface area contributed by atoms with Gasteiger partial charge in [0.25, 0.3) is 0 Å². The SMILES string of the molecule is CCc1cc(=O)oc2c3c(ccc12)OC[NH+](CCc1cccc(F)c1)C3. The zero-order chi connectivity index (χ0) is 18.1. The summed E-state index contributed by atoms with van der Waals surface area (Å²) in [6.45, 7) is 4.11. The maximum atomic E-state index is 13.3. The van der Waals surface area contributed by atoms with E-state index < -0.39 is 0 Å². The van der Waals surface area contributed by atoms with Gasteiger partial charge in [-0.15, -0.1) is 0 Å². The Kier molecular flexibility index (Phi) is 4.47. The molecule has 0 radical (unpaired) electrons. The Morgan fingerprint density at radius 1 is 1.19 bits per heavy atom. The summed E-state index contributed by atoms with van der Waals surface area (Å²) in [4.78, 5) is 13.1. The number of hydrogen-bond acceptors (Lipinski definition) is 3. The molecule has 0 amide bonds. The molecule has 1 aliphatic heterocycles. The van der Waals surface area contributed by atoms with Crippen LogP contribution in [0.1, 0.15) is 23.6 Å². The highest BCUT2D eigenvalue weighted by atomic mass is 19.1. The molecule has 1 atom stereocenters. The molecule has 0 saturated carbocycles. The summed E-state index contributed by atoms with van der Waals surface area (Å²) in [7, 11) is 0. The first kappa shape index (κ1) is 16.8. The largest absolute Gasteiger partial charge is 0.445 e. The summed E-state index contributed by atoms with van der Waals surface area (Å²) in [6.07, 6.45) is 1.54. The van der Waals surface area contributed by atoms with Gasteiger partial charge in [0.15, 0.2) is 5.58 Å². The lowest BCUT2D eigenvalue weighted by Crippen LogP contribution is -3.12. The summed E-state index contributed by atoms with van der Waals surface area (Å²) in [5.41, 5.74) is 3.21. The van der Waals surface area contributed by atoms with E-state index in [1.54, 1.807) is 18.2 Å². The zero-order valence-corrected chi connectivity index (χ0v) is 14.7. The molecular formula is C21H21FNO3+. The summed E-state index contributed by atoms with van der Waals surface area (Å²) in [5, 5.41) is 0.973. The van der Waals surface area contributed by atoms with E-state index in [4.69, 9.17) is 9.15 Å². The number of nitrogens with one attached hydrogen (secondary N) is 1. The monoisotopic (exact) mass is 354 g/mol. The lowest BCUT2D eigenvalue weighted by molar-refractivity contribution is -0.932. The molecule has 5 heteroatoms. The second-order valence-electron chi connectivity index (χ2n) is 6.71. The molecule has 2 heterocycles. The molecule has 4 rings (SSSR count). The number of ether oxygens (including phenoxy) is 1. The van der Waals surface area contributed by atoms with Gasteiger partial charge in [0.2, 0.25) is 6.73 Å². The molecule has 134 valence electrons. The van der Waals surface area contributed by atoms with Gasteiger partial charge in [0.05, 0.1) is 12.1 Å². The lowest BCUT2D eigenvalue weighted by atomic mass is 10.0. The van der Waals surface area contributed by atoms with Crippen LogP contribution < -0.4 is 15.3 Å². The van der Waals surface area contributed by atoms with Crippen molar-refractivity contribution >= 4 is 11.0 Å². The first-order valence-electron chi connectivity index (χ1n) is 8.93. The molecule has 0 aliphatic carbocycles. The molecular weight excluding hydrogens is 333 g/mol. The zero-order valence-electron chi connectivity index (χ0n) is 14.7. The fourth-order valence-electron chi connectivity index (χ4n) is 3.58. The van der Waals surface area contributed by atoms with Gasteiger partial charge in [0.1, 0.15) is 18.1 Å². The van der Waals surface area contributed by atoms with E-state index in [2.05, 4.69) is 0 Å². The van der Waals surface area contributed by atoms with Crippen molar-refractivity contribution in [2.75, 3.05) is 13.3 Å². The van der Waals surface area contributed by atoms with Crippen LogP contribution in [-0.4, -0.2) is 13.3 Å². The second kappa shape index (κ2) is 6.92. The fourth-order valence-corrected chi connectivity index (χ4v) is 3.58. The molecule has 1 aromatic heterocycles. The molecule has 0 saturated heterocycles. The van der Waals surface area contributed by atoms with E-state index in [0.717, 1.165) is 53.8 Å². The molecule has 1 unspecified atom stereocenters. The third-order valence-electron chi connectivity index (χ3n) is 4.95. The molecule has 2 aromatic carbocycles. The standard InChI is InChI=1S/C21H20FNO3/c1-2-15-11-20(24)26-21-17(15)6-7-19-18(21)12-23(13-25-19)9-8-14-4-3-5-16(22)10-14/h3-7,10-11H,2,8-9,12-13H2,1H3/p+1. The molecule has 1 aliphatic rings. The lowest BCUT2D eigenvalue weighted by Gasteiger charge is -2.26. The van der Waals surface area contributed by atoms with Gasteiger partial charge in [0, 0.05) is 17.9 Å². The van der Waals surface area contributed by atoms with Crippen LogP contribution in [0, 0.1) is 5.82 Å². The first-order chi connectivity index (χ1) is 12.6. The Morgan fingerprint density at radius 3 is 2.88 bits per heavy atom. The number of quaternary nitrogens is 1. The minimum absolute atomic E-state index is 0.211. The quantitative estimate of drug-likeness (QED) is 0.732. The Labute approximate surface area is 150 Å². The number of fused-ring (bicyclic) bond motifs is 3. The van der Waals surface area contributed by atoms with Crippen LogP contribution in [0.5, 0.6) is 5.75 Å². The van der Waals surface area contributed by atoms with E-state index in [9.17, 15) is 9.18 Å². The van der Waals surface area contributed by atoms with Crippen LogP contribution in [0.25, 0.3) is 11.0 Å². The third kappa shape index (κ3) is 3.22. The highest BCUT2D eigenvalue weighted by Crippen LogP contribution is 2.30. The summed E-state index contributed by atoms with van der Waals surface area (Å²) >= 11 is 0. The van der Waals surface area contributed by atoms with Crippen LogP contribution in [0.4, 0.5) is 4.39 Å². The fraction of sp³-hybridized carbons (Fsp3) is 0.286. The minimum Gasteiger partial charge on any atom is -0.445 e. The van der Waals surface area contributed by atoms with Gasteiger partial charge in [-0.2, -0.15) is 0 Å². The Morgan fingerprint density at radius 2 is 2.08 bits per heavy atom. The summed E-state index contributed by atoms with van der Waals surface area (Å²) in [6, 6.07) is 12.2. The molecule has 0 spiro atoms. The normalized spacial score (nSPS) is 16.3. The van der Waals surface area contributed by atoms with Crippen LogP contribution in [0.3, 0.4) is 0 Å². The molecule has 0 fully saturated rings. The van der Waals surface area contributed by atoms with Crippen molar-refractivity contribution in [1.82, 2.24) is 0 Å². The summed E-state index contributed by atoms with van der Waals surface area (Å²) in [5.74, 6) is 0.570. The molecule has 1 N–H and O–H groups in total.